The van der Waals surface area contributed by atoms with Crippen LogP contribution in [0.15, 0.2) is 120 Å². The van der Waals surface area contributed by atoms with Crippen LogP contribution in [-0.4, -0.2) is 41.7 Å². The van der Waals surface area contributed by atoms with Gasteiger partial charge in [0.1, 0.15) is 67.5 Å². The third-order valence-corrected chi connectivity index (χ3v) is 13.8. The van der Waals surface area contributed by atoms with Gasteiger partial charge in [-0.15, -0.1) is 0 Å². The third-order valence-electron chi connectivity index (χ3n) is 7.86. The first-order valence-corrected chi connectivity index (χ1v) is 23.8. The molecule has 15 nitrogen and oxygen atoms in total. The SMILES string of the molecule is CC(=O)Cc1c(F)ccc(CS(=O)(=O)c2ccoc2)c1Cl.CC(=O)Cc1c(F)ccc([N+](=O)[O-])c1Cl.Nc1c(F)ccc(CS(=O)(=O)c2ccoc2)c1Cl.O=S(=O)(Cl)c1ccoc1. The number of hydrogen-bond donors (Lipinski definition) is 1. The van der Waals surface area contributed by atoms with Crippen LogP contribution in [0.25, 0.3) is 0 Å². The Hall–Kier alpha value is -5.16. The molecule has 0 radical (unpaired) electrons. The first kappa shape index (κ1) is 52.2. The maximum atomic E-state index is 13.7. The van der Waals surface area contributed by atoms with Crippen LogP contribution in [0.3, 0.4) is 0 Å². The summed E-state index contributed by atoms with van der Waals surface area (Å²) in [6, 6.07) is 10.6. The first-order valence-electron chi connectivity index (χ1n) is 17.0. The normalized spacial score (nSPS) is 11.3. The molecule has 63 heavy (non-hydrogen) atoms. The van der Waals surface area contributed by atoms with Crippen molar-refractivity contribution in [3.8, 4) is 0 Å². The van der Waals surface area contributed by atoms with Crippen molar-refractivity contribution < 1.29 is 66.2 Å². The predicted octanol–water partition coefficient (Wildman–Crippen LogP) is 9.53. The second kappa shape index (κ2) is 22.5. The second-order valence-electron chi connectivity index (χ2n) is 12.6. The molecule has 6 rings (SSSR count). The Morgan fingerprint density at radius 3 is 1.37 bits per heavy atom. The average molecular weight is 1020 g/mol. The molecule has 0 saturated carbocycles. The maximum Gasteiger partial charge on any atom is 0.288 e. The van der Waals surface area contributed by atoms with Crippen molar-refractivity contribution in [3.63, 3.8) is 0 Å². The van der Waals surface area contributed by atoms with E-state index in [0.29, 0.717) is 0 Å². The minimum atomic E-state index is -3.64. The van der Waals surface area contributed by atoms with Crippen molar-refractivity contribution in [2.24, 2.45) is 0 Å². The standard InChI is InChI=1S/C14H12ClFO4S.C11H9ClFNO3S.C9H7ClFNO3.C4H3ClO3S/c1-9(17)6-12-13(16)3-2-10(14(12)15)8-21(18,19)11-4-5-20-7-11;12-10-7(1-2-9(13)11(10)14)6-18(15,16)8-3-4-17-5-8;1-5(13)4-6-7(11)2-3-8(9(6)10)12(14)15;5-9(6,7)4-1-2-8-3-4/h2-5,7H,6,8H2,1H3;1-5H,6,14H2;2-3H,4H2,1H3;1-3H. The largest absolute Gasteiger partial charge is 0.471 e. The summed E-state index contributed by atoms with van der Waals surface area (Å²) in [4.78, 5) is 31.8. The highest BCUT2D eigenvalue weighted by molar-refractivity contribution is 8.13. The highest BCUT2D eigenvalue weighted by atomic mass is 35.7. The van der Waals surface area contributed by atoms with Crippen molar-refractivity contribution >= 4 is 97.2 Å². The highest BCUT2D eigenvalue weighted by Gasteiger charge is 2.23. The number of nitrogen functional groups attached to an aromatic ring is 1. The van der Waals surface area contributed by atoms with Crippen molar-refractivity contribution in [1.29, 1.82) is 0 Å². The summed E-state index contributed by atoms with van der Waals surface area (Å²) in [6.45, 7) is 2.57. The van der Waals surface area contributed by atoms with Gasteiger partial charge in [0.25, 0.3) is 14.7 Å². The lowest BCUT2D eigenvalue weighted by atomic mass is 10.1. The number of hydrogen-bond acceptors (Lipinski definition) is 14. The van der Waals surface area contributed by atoms with Crippen molar-refractivity contribution in [2.45, 2.75) is 52.9 Å². The Kier molecular flexibility index (Phi) is 18.6. The van der Waals surface area contributed by atoms with Gasteiger partial charge >= 0.3 is 0 Å². The minimum absolute atomic E-state index is 0.0100. The molecule has 6 aromatic rings. The van der Waals surface area contributed by atoms with E-state index in [1.807, 2.05) is 0 Å². The van der Waals surface area contributed by atoms with E-state index in [-0.39, 0.29) is 87.9 Å². The van der Waals surface area contributed by atoms with Crippen LogP contribution < -0.4 is 5.73 Å². The highest BCUT2D eigenvalue weighted by Crippen LogP contribution is 2.32. The van der Waals surface area contributed by atoms with Crippen molar-refractivity contribution in [2.75, 3.05) is 5.73 Å². The monoisotopic (exact) mass is 1020 g/mol. The Morgan fingerprint density at radius 2 is 1.00 bits per heavy atom. The number of Topliss-reactive ketones (excluding diaryl/α,β-unsaturated/α-hetero) is 2. The van der Waals surface area contributed by atoms with Gasteiger partial charge in [0, 0.05) is 40.7 Å². The molecule has 2 N–H and O–H groups in total. The van der Waals surface area contributed by atoms with Crippen LogP contribution >= 0.6 is 45.5 Å². The number of sulfone groups is 2. The number of nitrogens with zero attached hydrogens (tertiary/aromatic N) is 1. The fraction of sp³-hybridized carbons (Fsp3) is 0.158. The Labute approximate surface area is 376 Å². The van der Waals surface area contributed by atoms with E-state index in [4.69, 9.17) is 60.1 Å². The lowest BCUT2D eigenvalue weighted by Gasteiger charge is -2.10. The summed E-state index contributed by atoms with van der Waals surface area (Å²) in [7, 11) is -5.88. The molecular weight excluding hydrogens is 987 g/mol. The number of carbonyl (C=O) groups is 2. The van der Waals surface area contributed by atoms with Gasteiger partial charge in [0.05, 0.1) is 51.0 Å². The van der Waals surface area contributed by atoms with E-state index in [1.165, 1.54) is 63.0 Å². The van der Waals surface area contributed by atoms with Gasteiger partial charge in [-0.2, -0.15) is 0 Å². The van der Waals surface area contributed by atoms with E-state index in [0.717, 1.165) is 43.1 Å². The number of halogens is 7. The predicted molar refractivity (Wildman–Crippen MR) is 225 cm³/mol. The molecule has 0 amide bonds. The fourth-order valence-corrected chi connectivity index (χ4v) is 9.03. The molecule has 0 fully saturated rings. The van der Waals surface area contributed by atoms with Gasteiger partial charge in [-0.1, -0.05) is 46.9 Å². The topological polar surface area (TPSA) is 245 Å². The number of benzene rings is 3. The molecule has 0 saturated heterocycles. The van der Waals surface area contributed by atoms with Crippen LogP contribution in [0.1, 0.15) is 36.1 Å². The van der Waals surface area contributed by atoms with Crippen LogP contribution in [0.2, 0.25) is 15.1 Å². The van der Waals surface area contributed by atoms with E-state index in [9.17, 15) is 58.1 Å². The van der Waals surface area contributed by atoms with Gasteiger partial charge in [-0.25, -0.2) is 38.4 Å². The Balaban J connectivity index is 0.000000232. The molecule has 3 aromatic carbocycles. The van der Waals surface area contributed by atoms with Crippen LogP contribution in [0, 0.1) is 27.6 Å². The van der Waals surface area contributed by atoms with Gasteiger partial charge in [-0.05, 0) is 61.4 Å². The average Bonchev–Trinajstić information content (AvgIpc) is 4.02. The molecule has 3 aromatic heterocycles. The third kappa shape index (κ3) is 15.0. The molecule has 0 atom stereocenters. The molecule has 0 aliphatic carbocycles. The zero-order valence-electron chi connectivity index (χ0n) is 32.2. The van der Waals surface area contributed by atoms with Crippen LogP contribution in [-0.2, 0) is 62.7 Å². The number of nitrogens with two attached hydrogens (primary N) is 1. The fourth-order valence-electron chi connectivity index (χ4n) is 4.86. The number of anilines is 1. The summed E-state index contributed by atoms with van der Waals surface area (Å²) in [5.41, 5.74) is 5.14. The Bertz CT molecular complexity index is 2920. The Morgan fingerprint density at radius 1 is 0.619 bits per heavy atom. The summed E-state index contributed by atoms with van der Waals surface area (Å²) in [5.74, 6) is -3.33. The summed E-state index contributed by atoms with van der Waals surface area (Å²) >= 11 is 17.5. The number of carbonyl (C=O) groups excluding carboxylic acids is 2. The summed E-state index contributed by atoms with van der Waals surface area (Å²) in [5, 5.41) is 10.1. The van der Waals surface area contributed by atoms with Gasteiger partial charge in [-0.3, -0.25) is 19.7 Å². The molecule has 3 heterocycles. The number of nitro benzene ring substituents is 1. The summed E-state index contributed by atoms with van der Waals surface area (Å²) in [6.07, 6.45) is 6.64. The van der Waals surface area contributed by atoms with Crippen LogP contribution in [0.5, 0.6) is 0 Å². The summed E-state index contributed by atoms with van der Waals surface area (Å²) < 4.78 is 123. The number of nitro groups is 1. The van der Waals surface area contributed by atoms with Gasteiger partial charge in [0.15, 0.2) is 19.7 Å². The molecule has 0 aliphatic rings. The number of furan rings is 3. The number of ketones is 2. The smallest absolute Gasteiger partial charge is 0.288 e. The molecule has 0 spiro atoms. The lowest BCUT2D eigenvalue weighted by Crippen LogP contribution is -2.07. The second-order valence-corrected chi connectivity index (χ2v) is 20.3. The minimum Gasteiger partial charge on any atom is -0.471 e. The lowest BCUT2D eigenvalue weighted by molar-refractivity contribution is -0.384. The molecular formula is C38H31Cl4F3N2O13S3. The van der Waals surface area contributed by atoms with Crippen LogP contribution in [0.4, 0.5) is 24.5 Å². The molecule has 0 bridgehead atoms. The number of rotatable bonds is 12. The van der Waals surface area contributed by atoms with E-state index in [1.54, 1.807) is 0 Å². The van der Waals surface area contributed by atoms with Crippen molar-refractivity contribution in [1.82, 2.24) is 0 Å². The molecule has 25 heteroatoms. The molecule has 0 unspecified atom stereocenters. The van der Waals surface area contributed by atoms with E-state index >= 15 is 0 Å². The maximum absolute atomic E-state index is 13.7. The first-order chi connectivity index (χ1) is 29.3. The molecule has 0 aliphatic heterocycles. The van der Waals surface area contributed by atoms with E-state index in [2.05, 4.69) is 4.42 Å². The van der Waals surface area contributed by atoms with Gasteiger partial charge < -0.3 is 19.0 Å². The van der Waals surface area contributed by atoms with E-state index < -0.39 is 62.5 Å². The zero-order chi connectivity index (χ0) is 47.4. The van der Waals surface area contributed by atoms with Gasteiger partial charge in [0.2, 0.25) is 0 Å². The van der Waals surface area contributed by atoms with Crippen molar-refractivity contribution in [3.05, 3.63) is 157 Å². The zero-order valence-corrected chi connectivity index (χ0v) is 37.7. The molecule has 338 valence electrons. The quantitative estimate of drug-likeness (QED) is 0.0519.